The smallest absolute Gasteiger partial charge is 0.0704 e. The Morgan fingerprint density at radius 1 is 1.38 bits per heavy atom. The standard InChI is InChI=1S/C11H11Br2NS2/c1-6-7(5-9(13)16-6)10(14-2)11-8(12)3-4-15-11/h3-5,10,14H,1-2H3. The second kappa shape index (κ2) is 5.31. The minimum Gasteiger partial charge on any atom is -0.309 e. The average Bonchev–Trinajstić information content (AvgIpc) is 2.77. The molecule has 0 fully saturated rings. The summed E-state index contributed by atoms with van der Waals surface area (Å²) in [7, 11) is 2.00. The maximum absolute atomic E-state index is 3.60. The van der Waals surface area contributed by atoms with Gasteiger partial charge in [-0.25, -0.2) is 0 Å². The molecule has 2 aromatic heterocycles. The van der Waals surface area contributed by atoms with E-state index in [0.717, 1.165) is 0 Å². The number of hydrogen-bond donors (Lipinski definition) is 1. The number of rotatable bonds is 3. The molecule has 2 heterocycles. The summed E-state index contributed by atoms with van der Waals surface area (Å²) in [5.74, 6) is 0. The molecule has 16 heavy (non-hydrogen) atoms. The van der Waals surface area contributed by atoms with E-state index in [1.807, 2.05) is 7.05 Å². The van der Waals surface area contributed by atoms with Crippen molar-refractivity contribution in [1.82, 2.24) is 5.32 Å². The van der Waals surface area contributed by atoms with Gasteiger partial charge < -0.3 is 5.32 Å². The van der Waals surface area contributed by atoms with Crippen LogP contribution in [0.5, 0.6) is 0 Å². The predicted molar refractivity (Wildman–Crippen MR) is 79.7 cm³/mol. The lowest BCUT2D eigenvalue weighted by atomic mass is 10.1. The lowest BCUT2D eigenvalue weighted by Crippen LogP contribution is -2.16. The molecule has 0 aromatic carbocycles. The van der Waals surface area contributed by atoms with E-state index in [0.29, 0.717) is 0 Å². The largest absolute Gasteiger partial charge is 0.309 e. The average molecular weight is 381 g/mol. The summed E-state index contributed by atoms with van der Waals surface area (Å²) in [5, 5.41) is 5.49. The Bertz CT molecular complexity index is 490. The van der Waals surface area contributed by atoms with E-state index in [2.05, 4.69) is 61.6 Å². The minimum atomic E-state index is 0.275. The first-order chi connectivity index (χ1) is 7.63. The summed E-state index contributed by atoms with van der Waals surface area (Å²) in [6, 6.07) is 4.57. The molecule has 0 aliphatic rings. The second-order valence-corrected chi connectivity index (χ2v) is 7.85. The molecule has 0 radical (unpaired) electrons. The molecule has 0 spiro atoms. The van der Waals surface area contributed by atoms with Crippen LogP contribution in [0.25, 0.3) is 0 Å². The Balaban J connectivity index is 2.44. The summed E-state index contributed by atoms with van der Waals surface area (Å²) in [6.07, 6.45) is 0. The Hall–Kier alpha value is 0.320. The molecule has 1 nitrogen and oxygen atoms in total. The second-order valence-electron chi connectivity index (χ2n) is 3.42. The zero-order valence-corrected chi connectivity index (χ0v) is 13.7. The summed E-state index contributed by atoms with van der Waals surface area (Å²) in [5.41, 5.74) is 1.35. The molecule has 0 bridgehead atoms. The Kier molecular flexibility index (Phi) is 4.24. The third-order valence-electron chi connectivity index (χ3n) is 2.43. The van der Waals surface area contributed by atoms with E-state index in [9.17, 15) is 0 Å². The van der Waals surface area contributed by atoms with Gasteiger partial charge in [0.15, 0.2) is 0 Å². The van der Waals surface area contributed by atoms with Gasteiger partial charge in [0, 0.05) is 14.2 Å². The number of thiophene rings is 2. The maximum Gasteiger partial charge on any atom is 0.0704 e. The van der Waals surface area contributed by atoms with E-state index >= 15 is 0 Å². The summed E-state index contributed by atoms with van der Waals surface area (Å²) < 4.78 is 2.37. The van der Waals surface area contributed by atoms with Gasteiger partial charge in [0.25, 0.3) is 0 Å². The monoisotopic (exact) mass is 379 g/mol. The molecule has 1 N–H and O–H groups in total. The molecule has 0 saturated heterocycles. The Morgan fingerprint density at radius 2 is 2.12 bits per heavy atom. The van der Waals surface area contributed by atoms with Gasteiger partial charge >= 0.3 is 0 Å². The van der Waals surface area contributed by atoms with Gasteiger partial charge in [0.2, 0.25) is 0 Å². The Labute approximate surface area is 120 Å². The highest BCUT2D eigenvalue weighted by Crippen LogP contribution is 2.38. The molecule has 1 unspecified atom stereocenters. The first kappa shape index (κ1) is 12.8. The van der Waals surface area contributed by atoms with Gasteiger partial charge in [-0.05, 0) is 68.9 Å². The van der Waals surface area contributed by atoms with Crippen LogP contribution in [0, 0.1) is 6.92 Å². The number of hydrogen-bond acceptors (Lipinski definition) is 3. The van der Waals surface area contributed by atoms with Crippen LogP contribution in [0.3, 0.4) is 0 Å². The van der Waals surface area contributed by atoms with Crippen molar-refractivity contribution in [2.24, 2.45) is 0 Å². The molecular formula is C11H11Br2NS2. The Morgan fingerprint density at radius 3 is 2.56 bits per heavy atom. The van der Waals surface area contributed by atoms with Gasteiger partial charge in [-0.15, -0.1) is 22.7 Å². The van der Waals surface area contributed by atoms with Crippen LogP contribution in [-0.2, 0) is 0 Å². The SMILES string of the molecule is CNC(c1cc(Br)sc1C)c1sccc1Br. The van der Waals surface area contributed by atoms with E-state index in [-0.39, 0.29) is 6.04 Å². The van der Waals surface area contributed by atoms with Crippen molar-refractivity contribution >= 4 is 54.5 Å². The topological polar surface area (TPSA) is 12.0 Å². The quantitative estimate of drug-likeness (QED) is 0.793. The molecular weight excluding hydrogens is 370 g/mol. The van der Waals surface area contributed by atoms with Crippen LogP contribution in [0.1, 0.15) is 21.4 Å². The van der Waals surface area contributed by atoms with Crippen molar-refractivity contribution in [3.63, 3.8) is 0 Å². The molecule has 5 heteroatoms. The lowest BCUT2D eigenvalue weighted by Gasteiger charge is -2.15. The van der Waals surface area contributed by atoms with Gasteiger partial charge in [0.1, 0.15) is 0 Å². The van der Waals surface area contributed by atoms with Crippen molar-refractivity contribution in [2.45, 2.75) is 13.0 Å². The zero-order valence-electron chi connectivity index (χ0n) is 8.88. The number of halogens is 2. The molecule has 0 saturated carbocycles. The highest BCUT2D eigenvalue weighted by atomic mass is 79.9. The highest BCUT2D eigenvalue weighted by Gasteiger charge is 2.19. The van der Waals surface area contributed by atoms with Gasteiger partial charge in [-0.3, -0.25) is 0 Å². The van der Waals surface area contributed by atoms with Crippen LogP contribution in [0.15, 0.2) is 25.8 Å². The van der Waals surface area contributed by atoms with Crippen molar-refractivity contribution in [2.75, 3.05) is 7.05 Å². The van der Waals surface area contributed by atoms with E-state index < -0.39 is 0 Å². The summed E-state index contributed by atoms with van der Waals surface area (Å²) in [4.78, 5) is 2.68. The van der Waals surface area contributed by atoms with Gasteiger partial charge in [-0.2, -0.15) is 0 Å². The molecule has 2 aromatic rings. The number of nitrogens with one attached hydrogen (secondary N) is 1. The van der Waals surface area contributed by atoms with E-state index in [1.54, 1.807) is 22.7 Å². The molecule has 86 valence electrons. The van der Waals surface area contributed by atoms with Crippen LogP contribution >= 0.6 is 54.5 Å². The fraction of sp³-hybridized carbons (Fsp3) is 0.273. The van der Waals surface area contributed by atoms with Crippen LogP contribution in [-0.4, -0.2) is 7.05 Å². The lowest BCUT2D eigenvalue weighted by molar-refractivity contribution is 0.700. The van der Waals surface area contributed by atoms with Gasteiger partial charge in [-0.1, -0.05) is 0 Å². The molecule has 1 atom stereocenters. The number of aryl methyl sites for hydroxylation is 1. The molecule has 2 rings (SSSR count). The minimum absolute atomic E-state index is 0.275. The molecule has 0 amide bonds. The first-order valence-electron chi connectivity index (χ1n) is 4.79. The van der Waals surface area contributed by atoms with Gasteiger partial charge in [0.05, 0.1) is 9.83 Å². The summed E-state index contributed by atoms with van der Waals surface area (Å²) >= 11 is 10.7. The van der Waals surface area contributed by atoms with E-state index in [1.165, 1.54) is 23.6 Å². The molecule has 0 aliphatic heterocycles. The van der Waals surface area contributed by atoms with Crippen LogP contribution in [0.2, 0.25) is 0 Å². The third kappa shape index (κ3) is 2.43. The zero-order chi connectivity index (χ0) is 11.7. The van der Waals surface area contributed by atoms with Crippen molar-refractivity contribution in [1.29, 1.82) is 0 Å². The third-order valence-corrected chi connectivity index (χ3v) is 5.94. The van der Waals surface area contributed by atoms with Crippen LogP contribution in [0.4, 0.5) is 0 Å². The summed E-state index contributed by atoms with van der Waals surface area (Å²) in [6.45, 7) is 2.16. The van der Waals surface area contributed by atoms with Crippen molar-refractivity contribution in [3.8, 4) is 0 Å². The normalized spacial score (nSPS) is 13.0. The van der Waals surface area contributed by atoms with E-state index in [4.69, 9.17) is 0 Å². The van der Waals surface area contributed by atoms with Crippen molar-refractivity contribution in [3.05, 3.63) is 41.1 Å². The fourth-order valence-electron chi connectivity index (χ4n) is 1.68. The van der Waals surface area contributed by atoms with Crippen molar-refractivity contribution < 1.29 is 0 Å². The van der Waals surface area contributed by atoms with Crippen LogP contribution < -0.4 is 5.32 Å². The molecule has 0 aliphatic carbocycles. The fourth-order valence-corrected chi connectivity index (χ4v) is 5.16. The predicted octanol–water partition coefficient (Wildman–Crippen LogP) is 4.95. The first-order valence-corrected chi connectivity index (χ1v) is 8.07. The maximum atomic E-state index is 3.60. The highest BCUT2D eigenvalue weighted by molar-refractivity contribution is 9.11.